The fraction of sp³-hybridized carbons (Fsp3) is 0.438. The molecule has 7 heteroatoms. The lowest BCUT2D eigenvalue weighted by molar-refractivity contribution is 0.568. The summed E-state index contributed by atoms with van der Waals surface area (Å²) < 4.78 is 4.21. The quantitative estimate of drug-likeness (QED) is 0.654. The topological polar surface area (TPSA) is 46.8 Å². The summed E-state index contributed by atoms with van der Waals surface area (Å²) in [5.74, 6) is 2.72. The minimum atomic E-state index is 0.831. The van der Waals surface area contributed by atoms with E-state index in [2.05, 4.69) is 35.8 Å². The molecule has 0 atom stereocenters. The van der Waals surface area contributed by atoms with E-state index in [-0.39, 0.29) is 0 Å². The third-order valence-corrected chi connectivity index (χ3v) is 6.08. The Balaban J connectivity index is 1.92. The van der Waals surface area contributed by atoms with E-state index in [0.29, 0.717) is 0 Å². The molecule has 3 aromatic heterocycles. The molecule has 0 amide bonds. The highest BCUT2D eigenvalue weighted by molar-refractivity contribution is 9.10. The smallest absolute Gasteiger partial charge is 0.228 e. The molecule has 120 valence electrons. The summed E-state index contributed by atoms with van der Waals surface area (Å²) in [7, 11) is 0. The number of hydrogen-bond acceptors (Lipinski definition) is 5. The largest absolute Gasteiger partial charge is 0.341 e. The Kier molecular flexibility index (Phi) is 3.85. The standard InChI is InChI=1S/C16H18BrN5S/c1-10-8-22(11(2)18-10)15-14-13(12(17)9-23-14)19-16(20-15)21-6-4-3-5-7-21/h8-9H,3-7H2,1-2H3. The Morgan fingerprint density at radius 1 is 1.09 bits per heavy atom. The molecule has 0 N–H and O–H groups in total. The average Bonchev–Trinajstić information content (AvgIpc) is 3.10. The van der Waals surface area contributed by atoms with Crippen molar-refractivity contribution in [2.75, 3.05) is 18.0 Å². The summed E-state index contributed by atoms with van der Waals surface area (Å²) >= 11 is 5.30. The van der Waals surface area contributed by atoms with Crippen LogP contribution in [0.15, 0.2) is 16.0 Å². The van der Waals surface area contributed by atoms with Crippen LogP contribution in [-0.4, -0.2) is 32.6 Å². The van der Waals surface area contributed by atoms with Crippen molar-refractivity contribution in [3.8, 4) is 5.82 Å². The predicted octanol–water partition coefficient (Wildman–Crippen LogP) is 4.25. The number of hydrogen-bond donors (Lipinski definition) is 0. The Morgan fingerprint density at radius 2 is 1.87 bits per heavy atom. The van der Waals surface area contributed by atoms with Crippen molar-refractivity contribution in [1.82, 2.24) is 19.5 Å². The molecule has 0 radical (unpaired) electrons. The molecule has 0 saturated carbocycles. The van der Waals surface area contributed by atoms with Gasteiger partial charge in [0.15, 0.2) is 5.82 Å². The van der Waals surface area contributed by atoms with E-state index in [1.165, 1.54) is 19.3 Å². The molecular weight excluding hydrogens is 374 g/mol. The van der Waals surface area contributed by atoms with E-state index in [0.717, 1.165) is 51.1 Å². The molecule has 0 aromatic carbocycles. The number of rotatable bonds is 2. The number of thiophene rings is 1. The molecular formula is C16H18BrN5S. The van der Waals surface area contributed by atoms with Gasteiger partial charge in [-0.15, -0.1) is 11.3 Å². The molecule has 4 rings (SSSR count). The first-order chi connectivity index (χ1) is 11.1. The van der Waals surface area contributed by atoms with Gasteiger partial charge < -0.3 is 4.90 Å². The minimum absolute atomic E-state index is 0.831. The molecule has 0 spiro atoms. The lowest BCUT2D eigenvalue weighted by atomic mass is 10.1. The maximum Gasteiger partial charge on any atom is 0.228 e. The van der Waals surface area contributed by atoms with Crippen molar-refractivity contribution in [2.45, 2.75) is 33.1 Å². The third kappa shape index (κ3) is 2.65. The normalized spacial score (nSPS) is 15.5. The molecule has 1 aliphatic heterocycles. The number of anilines is 1. The van der Waals surface area contributed by atoms with Crippen LogP contribution in [0, 0.1) is 13.8 Å². The van der Waals surface area contributed by atoms with E-state index in [1.54, 1.807) is 11.3 Å². The molecule has 4 heterocycles. The number of fused-ring (bicyclic) bond motifs is 1. The van der Waals surface area contributed by atoms with E-state index in [4.69, 9.17) is 9.97 Å². The van der Waals surface area contributed by atoms with Gasteiger partial charge >= 0.3 is 0 Å². The van der Waals surface area contributed by atoms with Gasteiger partial charge in [-0.25, -0.2) is 9.97 Å². The first-order valence-electron chi connectivity index (χ1n) is 7.86. The first kappa shape index (κ1) is 15.1. The van der Waals surface area contributed by atoms with Gasteiger partial charge in [0.2, 0.25) is 5.95 Å². The number of aromatic nitrogens is 4. The summed E-state index contributed by atoms with van der Waals surface area (Å²) in [6.45, 7) is 6.10. The fourth-order valence-corrected chi connectivity index (χ4v) is 4.64. The second-order valence-corrected chi connectivity index (χ2v) is 7.69. The minimum Gasteiger partial charge on any atom is -0.341 e. The molecule has 1 saturated heterocycles. The van der Waals surface area contributed by atoms with E-state index >= 15 is 0 Å². The molecule has 1 fully saturated rings. The van der Waals surface area contributed by atoms with Crippen molar-refractivity contribution in [2.24, 2.45) is 0 Å². The summed E-state index contributed by atoms with van der Waals surface area (Å²) in [5.41, 5.74) is 2.00. The second kappa shape index (κ2) is 5.87. The van der Waals surface area contributed by atoms with Gasteiger partial charge in [0.1, 0.15) is 11.3 Å². The van der Waals surface area contributed by atoms with Gasteiger partial charge in [-0.1, -0.05) is 0 Å². The van der Waals surface area contributed by atoms with Crippen LogP contribution in [0.1, 0.15) is 30.8 Å². The van der Waals surface area contributed by atoms with Crippen LogP contribution in [0.2, 0.25) is 0 Å². The first-order valence-corrected chi connectivity index (χ1v) is 9.53. The highest BCUT2D eigenvalue weighted by atomic mass is 79.9. The Hall–Kier alpha value is -1.47. The maximum atomic E-state index is 4.91. The highest BCUT2D eigenvalue weighted by Crippen LogP contribution is 2.34. The second-order valence-electron chi connectivity index (χ2n) is 5.96. The lowest BCUT2D eigenvalue weighted by Crippen LogP contribution is -2.31. The van der Waals surface area contributed by atoms with Crippen LogP contribution in [0.25, 0.3) is 16.0 Å². The van der Waals surface area contributed by atoms with Crippen molar-refractivity contribution in [1.29, 1.82) is 0 Å². The monoisotopic (exact) mass is 391 g/mol. The van der Waals surface area contributed by atoms with Gasteiger partial charge in [0.25, 0.3) is 0 Å². The zero-order valence-electron chi connectivity index (χ0n) is 13.2. The number of nitrogens with zero attached hydrogens (tertiary/aromatic N) is 5. The number of piperidine rings is 1. The van der Waals surface area contributed by atoms with Gasteiger partial charge in [0.05, 0.1) is 14.9 Å². The molecule has 3 aromatic rings. The molecule has 5 nitrogen and oxygen atoms in total. The Morgan fingerprint density at radius 3 is 2.57 bits per heavy atom. The van der Waals surface area contributed by atoms with Gasteiger partial charge in [0, 0.05) is 24.7 Å². The number of halogens is 1. The van der Waals surface area contributed by atoms with Crippen molar-refractivity contribution in [3.05, 3.63) is 27.6 Å². The van der Waals surface area contributed by atoms with Crippen LogP contribution in [-0.2, 0) is 0 Å². The van der Waals surface area contributed by atoms with Gasteiger partial charge in [-0.05, 0) is 49.0 Å². The number of aryl methyl sites for hydroxylation is 2. The zero-order valence-corrected chi connectivity index (χ0v) is 15.6. The highest BCUT2D eigenvalue weighted by Gasteiger charge is 2.20. The summed E-state index contributed by atoms with van der Waals surface area (Å²) in [6.07, 6.45) is 5.77. The van der Waals surface area contributed by atoms with Gasteiger partial charge in [-0.3, -0.25) is 4.57 Å². The van der Waals surface area contributed by atoms with E-state index in [1.807, 2.05) is 20.0 Å². The maximum absolute atomic E-state index is 4.91. The van der Waals surface area contributed by atoms with E-state index in [9.17, 15) is 0 Å². The van der Waals surface area contributed by atoms with E-state index < -0.39 is 0 Å². The van der Waals surface area contributed by atoms with Crippen LogP contribution >= 0.6 is 27.3 Å². The van der Waals surface area contributed by atoms with Crippen molar-refractivity contribution in [3.63, 3.8) is 0 Å². The van der Waals surface area contributed by atoms with Crippen molar-refractivity contribution >= 4 is 43.4 Å². The summed E-state index contributed by atoms with van der Waals surface area (Å²) in [4.78, 5) is 16.6. The fourth-order valence-electron chi connectivity index (χ4n) is 3.10. The lowest BCUT2D eigenvalue weighted by Gasteiger charge is -2.27. The van der Waals surface area contributed by atoms with Crippen molar-refractivity contribution < 1.29 is 0 Å². The van der Waals surface area contributed by atoms with Crippen LogP contribution in [0.3, 0.4) is 0 Å². The van der Waals surface area contributed by atoms with Gasteiger partial charge in [-0.2, -0.15) is 4.98 Å². The summed E-state index contributed by atoms with van der Waals surface area (Å²) in [5, 5.41) is 2.09. The zero-order chi connectivity index (χ0) is 16.0. The molecule has 0 bridgehead atoms. The predicted molar refractivity (Wildman–Crippen MR) is 97.8 cm³/mol. The van der Waals surface area contributed by atoms with Crippen LogP contribution < -0.4 is 4.90 Å². The molecule has 1 aliphatic rings. The van der Waals surface area contributed by atoms with Crippen LogP contribution in [0.4, 0.5) is 5.95 Å². The molecule has 23 heavy (non-hydrogen) atoms. The Labute approximate surface area is 147 Å². The van der Waals surface area contributed by atoms with Crippen LogP contribution in [0.5, 0.6) is 0 Å². The SMILES string of the molecule is Cc1cn(-c2nc(N3CCCCC3)nc3c(Br)csc23)c(C)n1. The molecule has 0 unspecified atom stereocenters. The Bertz CT molecular complexity index is 863. The summed E-state index contributed by atoms with van der Waals surface area (Å²) in [6, 6.07) is 0. The molecule has 0 aliphatic carbocycles. The third-order valence-electron chi connectivity index (χ3n) is 4.21. The number of imidazole rings is 1. The average molecular weight is 392 g/mol.